The quantitative estimate of drug-likeness (QED) is 0.853. The normalized spacial score (nSPS) is 10.2. The minimum atomic E-state index is -0.432. The molecule has 0 atom stereocenters. The molecule has 0 N–H and O–H groups in total. The lowest BCUT2D eigenvalue weighted by Crippen LogP contribution is -2.27. The lowest BCUT2D eigenvalue weighted by molar-refractivity contribution is 0.0992. The molecule has 1 heterocycles. The molecule has 1 aromatic heterocycles. The Kier molecular flexibility index (Phi) is 3.72. The molecule has 0 unspecified atom stereocenters. The Labute approximate surface area is 112 Å². The largest absolute Gasteiger partial charge is 0.296 e. The van der Waals surface area contributed by atoms with E-state index in [9.17, 15) is 9.18 Å². The SMILES string of the molecule is CN(C(=O)c1cccc(F)c1)c1ccc(Br)cn1. The number of hydrogen-bond donors (Lipinski definition) is 0. The van der Waals surface area contributed by atoms with Crippen molar-refractivity contribution in [1.29, 1.82) is 0 Å². The summed E-state index contributed by atoms with van der Waals surface area (Å²) in [5, 5.41) is 0. The van der Waals surface area contributed by atoms with Gasteiger partial charge in [-0.1, -0.05) is 6.07 Å². The van der Waals surface area contributed by atoms with Crippen molar-refractivity contribution in [3.63, 3.8) is 0 Å². The molecule has 0 aliphatic heterocycles. The molecule has 0 bridgehead atoms. The molecule has 2 rings (SSSR count). The van der Waals surface area contributed by atoms with Crippen LogP contribution in [0, 0.1) is 5.82 Å². The summed E-state index contributed by atoms with van der Waals surface area (Å²) in [5.41, 5.74) is 0.294. The van der Waals surface area contributed by atoms with Crippen molar-refractivity contribution >= 4 is 27.7 Å². The summed E-state index contributed by atoms with van der Waals surface area (Å²) in [5.74, 6) is -0.227. The van der Waals surface area contributed by atoms with Crippen LogP contribution in [-0.2, 0) is 0 Å². The second kappa shape index (κ2) is 5.27. The molecule has 5 heteroatoms. The first kappa shape index (κ1) is 12.7. The van der Waals surface area contributed by atoms with Gasteiger partial charge in [-0.3, -0.25) is 9.69 Å². The van der Waals surface area contributed by atoms with Crippen LogP contribution >= 0.6 is 15.9 Å². The summed E-state index contributed by atoms with van der Waals surface area (Å²) in [4.78, 5) is 17.6. The van der Waals surface area contributed by atoms with Crippen molar-refractivity contribution in [2.75, 3.05) is 11.9 Å². The molecule has 0 aliphatic carbocycles. The third-order valence-corrected chi connectivity index (χ3v) is 2.90. The molecule has 0 aliphatic rings. The van der Waals surface area contributed by atoms with Crippen LogP contribution in [0.1, 0.15) is 10.4 Å². The molecule has 0 fully saturated rings. The number of nitrogens with zero attached hydrogens (tertiary/aromatic N) is 2. The topological polar surface area (TPSA) is 33.2 Å². The number of rotatable bonds is 2. The Hall–Kier alpha value is -1.75. The predicted octanol–water partition coefficient (Wildman–Crippen LogP) is 3.26. The molecule has 0 spiro atoms. The van der Waals surface area contributed by atoms with E-state index in [1.807, 2.05) is 0 Å². The van der Waals surface area contributed by atoms with Gasteiger partial charge in [0.15, 0.2) is 0 Å². The Morgan fingerprint density at radius 2 is 2.11 bits per heavy atom. The van der Waals surface area contributed by atoms with Gasteiger partial charge in [-0.25, -0.2) is 9.37 Å². The van der Waals surface area contributed by atoms with Crippen molar-refractivity contribution in [3.05, 3.63) is 58.4 Å². The number of carbonyl (C=O) groups is 1. The number of aromatic nitrogens is 1. The fourth-order valence-corrected chi connectivity index (χ4v) is 1.72. The van der Waals surface area contributed by atoms with Crippen LogP contribution in [0.15, 0.2) is 47.1 Å². The Morgan fingerprint density at radius 3 is 2.72 bits per heavy atom. The molecule has 3 nitrogen and oxygen atoms in total. The van der Waals surface area contributed by atoms with E-state index in [0.29, 0.717) is 11.4 Å². The number of pyridine rings is 1. The number of hydrogen-bond acceptors (Lipinski definition) is 2. The van der Waals surface area contributed by atoms with Gasteiger partial charge in [-0.2, -0.15) is 0 Å². The van der Waals surface area contributed by atoms with E-state index in [4.69, 9.17) is 0 Å². The third-order valence-electron chi connectivity index (χ3n) is 2.43. The molecule has 0 saturated heterocycles. The van der Waals surface area contributed by atoms with E-state index in [1.54, 1.807) is 31.4 Å². The van der Waals surface area contributed by atoms with Crippen molar-refractivity contribution in [1.82, 2.24) is 4.98 Å². The van der Waals surface area contributed by atoms with Gasteiger partial charge in [0.25, 0.3) is 5.91 Å². The van der Waals surface area contributed by atoms with Gasteiger partial charge in [0, 0.05) is 23.3 Å². The maximum atomic E-state index is 13.1. The fourth-order valence-electron chi connectivity index (χ4n) is 1.49. The molecule has 2 aromatic rings. The van der Waals surface area contributed by atoms with Crippen LogP contribution in [0.2, 0.25) is 0 Å². The maximum absolute atomic E-state index is 13.1. The van der Waals surface area contributed by atoms with Crippen LogP contribution in [-0.4, -0.2) is 17.9 Å². The van der Waals surface area contributed by atoms with E-state index in [1.165, 1.54) is 23.1 Å². The lowest BCUT2D eigenvalue weighted by Gasteiger charge is -2.16. The van der Waals surface area contributed by atoms with Crippen LogP contribution < -0.4 is 4.90 Å². The molecule has 18 heavy (non-hydrogen) atoms. The van der Waals surface area contributed by atoms with E-state index < -0.39 is 5.82 Å². The summed E-state index contributed by atoms with van der Waals surface area (Å²) >= 11 is 3.27. The van der Waals surface area contributed by atoms with Gasteiger partial charge in [0.1, 0.15) is 11.6 Å². The molecule has 0 radical (unpaired) electrons. The van der Waals surface area contributed by atoms with Gasteiger partial charge in [0.05, 0.1) is 0 Å². The zero-order chi connectivity index (χ0) is 13.1. The summed E-state index contributed by atoms with van der Waals surface area (Å²) in [6.07, 6.45) is 1.60. The Bertz CT molecular complexity index is 571. The van der Waals surface area contributed by atoms with Crippen molar-refractivity contribution in [2.45, 2.75) is 0 Å². The minimum absolute atomic E-state index is 0.294. The Balaban J connectivity index is 2.26. The lowest BCUT2D eigenvalue weighted by atomic mass is 10.2. The number of amides is 1. The maximum Gasteiger partial charge on any atom is 0.259 e. The molecule has 1 amide bonds. The van der Waals surface area contributed by atoms with Crippen LogP contribution in [0.25, 0.3) is 0 Å². The van der Waals surface area contributed by atoms with Crippen molar-refractivity contribution in [2.24, 2.45) is 0 Å². The second-order valence-corrected chi connectivity index (χ2v) is 4.62. The summed E-state index contributed by atoms with van der Waals surface area (Å²) in [6.45, 7) is 0. The van der Waals surface area contributed by atoms with Crippen LogP contribution in [0.5, 0.6) is 0 Å². The summed E-state index contributed by atoms with van der Waals surface area (Å²) in [7, 11) is 1.60. The number of halogens is 2. The van der Waals surface area contributed by atoms with Gasteiger partial charge in [-0.05, 0) is 46.3 Å². The zero-order valence-corrected chi connectivity index (χ0v) is 11.2. The first-order valence-electron chi connectivity index (χ1n) is 5.23. The summed E-state index contributed by atoms with van der Waals surface area (Å²) in [6, 6.07) is 9.08. The molecular weight excluding hydrogens is 299 g/mol. The highest BCUT2D eigenvalue weighted by molar-refractivity contribution is 9.10. The van der Waals surface area contributed by atoms with Gasteiger partial charge in [-0.15, -0.1) is 0 Å². The zero-order valence-electron chi connectivity index (χ0n) is 9.60. The van der Waals surface area contributed by atoms with Gasteiger partial charge < -0.3 is 0 Å². The predicted molar refractivity (Wildman–Crippen MR) is 71.1 cm³/mol. The van der Waals surface area contributed by atoms with Gasteiger partial charge in [0.2, 0.25) is 0 Å². The highest BCUT2D eigenvalue weighted by atomic mass is 79.9. The first-order valence-corrected chi connectivity index (χ1v) is 6.02. The molecule has 0 saturated carbocycles. The fraction of sp³-hybridized carbons (Fsp3) is 0.0769. The van der Waals surface area contributed by atoms with E-state index in [0.717, 1.165) is 4.47 Å². The standard InChI is InChI=1S/C13H10BrFN2O/c1-17(12-6-5-10(14)8-16-12)13(18)9-3-2-4-11(15)7-9/h2-8H,1H3. The molecular formula is C13H10BrFN2O. The molecule has 92 valence electrons. The number of carbonyl (C=O) groups excluding carboxylic acids is 1. The minimum Gasteiger partial charge on any atom is -0.296 e. The van der Waals surface area contributed by atoms with Crippen LogP contribution in [0.4, 0.5) is 10.2 Å². The first-order chi connectivity index (χ1) is 8.58. The average molecular weight is 309 g/mol. The Morgan fingerprint density at radius 1 is 1.33 bits per heavy atom. The van der Waals surface area contributed by atoms with Crippen molar-refractivity contribution < 1.29 is 9.18 Å². The third kappa shape index (κ3) is 2.73. The highest BCUT2D eigenvalue weighted by Gasteiger charge is 2.14. The monoisotopic (exact) mass is 308 g/mol. The van der Waals surface area contributed by atoms with Crippen LogP contribution in [0.3, 0.4) is 0 Å². The van der Waals surface area contributed by atoms with E-state index in [-0.39, 0.29) is 5.91 Å². The summed E-state index contributed by atoms with van der Waals surface area (Å²) < 4.78 is 13.9. The highest BCUT2D eigenvalue weighted by Crippen LogP contribution is 2.16. The number of benzene rings is 1. The smallest absolute Gasteiger partial charge is 0.259 e. The van der Waals surface area contributed by atoms with Gasteiger partial charge >= 0.3 is 0 Å². The second-order valence-electron chi connectivity index (χ2n) is 3.71. The van der Waals surface area contributed by atoms with E-state index >= 15 is 0 Å². The number of anilines is 1. The molecule has 1 aromatic carbocycles. The van der Waals surface area contributed by atoms with Crippen molar-refractivity contribution in [3.8, 4) is 0 Å². The van der Waals surface area contributed by atoms with E-state index in [2.05, 4.69) is 20.9 Å². The average Bonchev–Trinajstić information content (AvgIpc) is 2.38.